The predicted molar refractivity (Wildman–Crippen MR) is 83.4 cm³/mol. The summed E-state index contributed by atoms with van der Waals surface area (Å²) in [6.45, 7) is 2.97. The largest absolute Gasteiger partial charge is 0.480 e. The fourth-order valence-electron chi connectivity index (χ4n) is 2.93. The van der Waals surface area contributed by atoms with Crippen LogP contribution in [-0.2, 0) is 23.6 Å². The molecule has 0 amide bonds. The Morgan fingerprint density at radius 2 is 1.58 bits per heavy atom. The second kappa shape index (κ2) is 7.85. The first-order chi connectivity index (χ1) is 11.7. The van der Waals surface area contributed by atoms with Gasteiger partial charge in [0.25, 0.3) is 0 Å². The van der Waals surface area contributed by atoms with Crippen LogP contribution in [-0.4, -0.2) is 16.6 Å². The first-order valence-electron chi connectivity index (χ1n) is 7.95. The van der Waals surface area contributed by atoms with E-state index in [4.69, 9.17) is 10.8 Å². The molecule has 0 bridgehead atoms. The molecule has 3 nitrogen and oxygen atoms in total. The minimum atomic E-state index is -4.89. The van der Waals surface area contributed by atoms with Crippen molar-refractivity contribution in [1.29, 1.82) is 0 Å². The van der Waals surface area contributed by atoms with Crippen molar-refractivity contribution in [2.24, 2.45) is 11.7 Å². The summed E-state index contributed by atoms with van der Waals surface area (Å²) in [5, 5.41) is 8.97. The molecule has 0 heterocycles. The lowest BCUT2D eigenvalue weighted by Crippen LogP contribution is -2.46. The Bertz CT molecular complexity index is 605. The van der Waals surface area contributed by atoms with Crippen molar-refractivity contribution in [2.75, 3.05) is 0 Å². The normalized spacial score (nSPS) is 16.2. The summed E-state index contributed by atoms with van der Waals surface area (Å²) in [7, 11) is 0. The van der Waals surface area contributed by atoms with Crippen molar-refractivity contribution in [3.63, 3.8) is 0 Å². The Labute approximate surface area is 147 Å². The maximum absolute atomic E-state index is 13.1. The summed E-state index contributed by atoms with van der Waals surface area (Å²) >= 11 is 0. The van der Waals surface area contributed by atoms with Crippen LogP contribution in [0, 0.1) is 5.92 Å². The number of aliphatic carboxylic acids is 1. The van der Waals surface area contributed by atoms with Gasteiger partial charge in [0.1, 0.15) is 5.54 Å². The molecule has 0 aliphatic rings. The number of rotatable bonds is 7. The van der Waals surface area contributed by atoms with E-state index < -0.39 is 47.0 Å². The van der Waals surface area contributed by atoms with Crippen LogP contribution in [0.2, 0.25) is 0 Å². The number of carbonyl (C=O) groups is 1. The van der Waals surface area contributed by atoms with Gasteiger partial charge in [-0.3, -0.25) is 4.79 Å². The highest BCUT2D eigenvalue weighted by atomic mass is 19.4. The summed E-state index contributed by atoms with van der Waals surface area (Å²) in [5.41, 5.74) is 0.731. The number of nitrogens with two attached hydrogens (primary N) is 1. The second-order valence-corrected chi connectivity index (χ2v) is 6.75. The number of halogens is 6. The van der Waals surface area contributed by atoms with Crippen LogP contribution in [0.4, 0.5) is 26.3 Å². The maximum atomic E-state index is 13.1. The van der Waals surface area contributed by atoms with Gasteiger partial charge in [-0.2, -0.15) is 26.3 Å². The SMILES string of the molecule is CC(CCCc1c(C(F)(F)F)cccc1C(F)(F)F)CC(C)(N)C(=O)O. The lowest BCUT2D eigenvalue weighted by Gasteiger charge is -2.24. The Balaban J connectivity index is 2.94. The molecule has 0 spiro atoms. The molecule has 0 aliphatic carbocycles. The van der Waals surface area contributed by atoms with Gasteiger partial charge in [0.05, 0.1) is 11.1 Å². The standard InChI is InChI=1S/C17H21F6NO2/c1-10(9-15(2,24)14(25)26)5-3-6-11-12(16(18,19)20)7-4-8-13(11)17(21,22)23/h4,7-8,10H,3,5-6,9,24H2,1-2H3,(H,25,26). The molecule has 1 aromatic rings. The van der Waals surface area contributed by atoms with Gasteiger partial charge in [-0.25, -0.2) is 0 Å². The molecule has 2 unspecified atom stereocenters. The molecule has 0 fully saturated rings. The van der Waals surface area contributed by atoms with Gasteiger partial charge in [0.2, 0.25) is 0 Å². The predicted octanol–water partition coefficient (Wildman–Crippen LogP) is 4.88. The Morgan fingerprint density at radius 3 is 1.96 bits per heavy atom. The Kier molecular flexibility index (Phi) is 6.73. The summed E-state index contributed by atoms with van der Waals surface area (Å²) in [6, 6.07) is 2.01. The van der Waals surface area contributed by atoms with Crippen LogP contribution in [0.25, 0.3) is 0 Å². The molecule has 2 atom stereocenters. The van der Waals surface area contributed by atoms with E-state index in [0.29, 0.717) is 12.1 Å². The van der Waals surface area contributed by atoms with Gasteiger partial charge in [-0.1, -0.05) is 19.4 Å². The van der Waals surface area contributed by atoms with Gasteiger partial charge >= 0.3 is 18.3 Å². The van der Waals surface area contributed by atoms with Crippen LogP contribution in [0.1, 0.15) is 49.8 Å². The quantitative estimate of drug-likeness (QED) is 0.658. The van der Waals surface area contributed by atoms with E-state index in [9.17, 15) is 31.1 Å². The molecule has 1 aromatic carbocycles. The molecule has 1 rings (SSSR count). The van der Waals surface area contributed by atoms with Crippen molar-refractivity contribution in [1.82, 2.24) is 0 Å². The minimum Gasteiger partial charge on any atom is -0.480 e. The van der Waals surface area contributed by atoms with Crippen LogP contribution in [0.5, 0.6) is 0 Å². The second-order valence-electron chi connectivity index (χ2n) is 6.75. The highest BCUT2D eigenvalue weighted by Gasteiger charge is 2.40. The van der Waals surface area contributed by atoms with E-state index in [1.54, 1.807) is 6.92 Å². The molecule has 148 valence electrons. The highest BCUT2D eigenvalue weighted by Crippen LogP contribution is 2.40. The third-order valence-electron chi connectivity index (χ3n) is 4.17. The summed E-state index contributed by atoms with van der Waals surface area (Å²) < 4.78 is 78.4. The van der Waals surface area contributed by atoms with E-state index in [1.807, 2.05) is 0 Å². The van der Waals surface area contributed by atoms with Crippen LogP contribution in [0.15, 0.2) is 18.2 Å². The average Bonchev–Trinajstić information content (AvgIpc) is 2.44. The average molecular weight is 385 g/mol. The number of alkyl halides is 6. The molecular weight excluding hydrogens is 364 g/mol. The van der Waals surface area contributed by atoms with E-state index in [1.165, 1.54) is 6.92 Å². The molecule has 26 heavy (non-hydrogen) atoms. The van der Waals surface area contributed by atoms with Crippen molar-refractivity contribution in [2.45, 2.75) is 57.4 Å². The maximum Gasteiger partial charge on any atom is 0.416 e. The van der Waals surface area contributed by atoms with E-state index in [-0.39, 0.29) is 25.2 Å². The molecule has 9 heteroatoms. The van der Waals surface area contributed by atoms with Crippen molar-refractivity contribution < 1.29 is 36.2 Å². The molecule has 0 saturated carbocycles. The molecule has 0 aromatic heterocycles. The zero-order valence-electron chi connectivity index (χ0n) is 14.3. The van der Waals surface area contributed by atoms with Gasteiger partial charge in [0, 0.05) is 0 Å². The summed E-state index contributed by atoms with van der Waals surface area (Å²) in [4.78, 5) is 11.0. The monoisotopic (exact) mass is 385 g/mol. The van der Waals surface area contributed by atoms with Crippen LogP contribution in [0.3, 0.4) is 0 Å². The van der Waals surface area contributed by atoms with Crippen molar-refractivity contribution in [3.05, 3.63) is 34.9 Å². The van der Waals surface area contributed by atoms with E-state index in [2.05, 4.69) is 0 Å². The van der Waals surface area contributed by atoms with Gasteiger partial charge < -0.3 is 10.8 Å². The van der Waals surface area contributed by atoms with Gasteiger partial charge in [-0.15, -0.1) is 0 Å². The Hall–Kier alpha value is -1.77. The molecule has 0 radical (unpaired) electrons. The topological polar surface area (TPSA) is 63.3 Å². The van der Waals surface area contributed by atoms with Crippen LogP contribution >= 0.6 is 0 Å². The molecule has 0 aliphatic heterocycles. The number of benzene rings is 1. The number of carboxylic acids is 1. The number of hydrogen-bond acceptors (Lipinski definition) is 2. The minimum absolute atomic E-state index is 0.0486. The molecule has 3 N–H and O–H groups in total. The lowest BCUT2D eigenvalue weighted by atomic mass is 9.86. The first-order valence-corrected chi connectivity index (χ1v) is 7.95. The van der Waals surface area contributed by atoms with E-state index in [0.717, 1.165) is 6.07 Å². The highest BCUT2D eigenvalue weighted by molar-refractivity contribution is 5.77. The third kappa shape index (κ3) is 5.89. The summed E-state index contributed by atoms with van der Waals surface area (Å²) in [6.07, 6.45) is -9.82. The number of hydrogen-bond donors (Lipinski definition) is 2. The Morgan fingerprint density at radius 1 is 1.12 bits per heavy atom. The van der Waals surface area contributed by atoms with E-state index >= 15 is 0 Å². The fraction of sp³-hybridized carbons (Fsp3) is 0.588. The van der Waals surface area contributed by atoms with Crippen LogP contribution < -0.4 is 5.73 Å². The molecular formula is C17H21F6NO2. The van der Waals surface area contributed by atoms with Gasteiger partial charge in [0.15, 0.2) is 0 Å². The van der Waals surface area contributed by atoms with Crippen molar-refractivity contribution in [3.8, 4) is 0 Å². The fourth-order valence-corrected chi connectivity index (χ4v) is 2.93. The van der Waals surface area contributed by atoms with Crippen molar-refractivity contribution >= 4 is 5.97 Å². The lowest BCUT2D eigenvalue weighted by molar-refractivity contribution is -0.145. The first kappa shape index (κ1) is 22.3. The third-order valence-corrected chi connectivity index (χ3v) is 4.17. The summed E-state index contributed by atoms with van der Waals surface area (Å²) in [5.74, 6) is -1.49. The molecule has 0 saturated heterocycles. The van der Waals surface area contributed by atoms with Gasteiger partial charge in [-0.05, 0) is 49.8 Å². The smallest absolute Gasteiger partial charge is 0.416 e. The number of carboxylic acid groups (broad SMARTS) is 1. The zero-order valence-corrected chi connectivity index (χ0v) is 14.3. The zero-order chi connectivity index (χ0) is 20.3.